The molecule has 7 nitrogen and oxygen atoms in total. The van der Waals surface area contributed by atoms with E-state index in [0.717, 1.165) is 0 Å². The molecule has 1 aromatic heterocycles. The van der Waals surface area contributed by atoms with Crippen molar-refractivity contribution in [1.82, 2.24) is 14.8 Å². The Hall–Kier alpha value is -2.55. The number of nitrogens with zero attached hydrogens (tertiary/aromatic N) is 3. The predicted octanol–water partition coefficient (Wildman–Crippen LogP) is 4.03. The summed E-state index contributed by atoms with van der Waals surface area (Å²) < 4.78 is 1.69. The molecule has 0 saturated heterocycles. The summed E-state index contributed by atoms with van der Waals surface area (Å²) in [5.74, 6) is 0.188. The molecule has 2 N–H and O–H groups in total. The fourth-order valence-corrected chi connectivity index (χ4v) is 3.70. The van der Waals surface area contributed by atoms with E-state index in [1.54, 1.807) is 29.8 Å². The predicted molar refractivity (Wildman–Crippen MR) is 116 cm³/mol. The summed E-state index contributed by atoms with van der Waals surface area (Å²) in [7, 11) is 1.75. The van der Waals surface area contributed by atoms with E-state index in [0.29, 0.717) is 32.4 Å². The standard InChI is InChI=1S/C19H17Cl2N5O2S/c1-26-16(10-17(27)22-14-5-3-2-4-6-14)24-25-19(26)29-11-18(28)23-15-8-12(20)7-13(21)9-15/h2-9H,10-11H2,1H3,(H,22,27)(H,23,28). The van der Waals surface area contributed by atoms with E-state index in [-0.39, 0.29) is 24.0 Å². The molecule has 0 saturated carbocycles. The molecule has 0 aliphatic rings. The van der Waals surface area contributed by atoms with Crippen molar-refractivity contribution in [1.29, 1.82) is 0 Å². The average Bonchev–Trinajstić information content (AvgIpc) is 2.99. The summed E-state index contributed by atoms with van der Waals surface area (Å²) in [6, 6.07) is 14.0. The molecule has 10 heteroatoms. The number of hydrogen-bond acceptors (Lipinski definition) is 5. The minimum atomic E-state index is -0.236. The molecule has 0 aliphatic heterocycles. The van der Waals surface area contributed by atoms with Gasteiger partial charge in [-0.05, 0) is 30.3 Å². The zero-order chi connectivity index (χ0) is 20.8. The average molecular weight is 450 g/mol. The topological polar surface area (TPSA) is 88.9 Å². The van der Waals surface area contributed by atoms with Crippen LogP contribution in [0.1, 0.15) is 5.82 Å². The van der Waals surface area contributed by atoms with Gasteiger partial charge in [0.2, 0.25) is 11.8 Å². The van der Waals surface area contributed by atoms with Crippen molar-refractivity contribution in [3.8, 4) is 0 Å². The minimum Gasteiger partial charge on any atom is -0.326 e. The summed E-state index contributed by atoms with van der Waals surface area (Å²) in [5.41, 5.74) is 1.23. The third-order valence-electron chi connectivity index (χ3n) is 3.78. The van der Waals surface area contributed by atoms with Gasteiger partial charge in [-0.1, -0.05) is 53.2 Å². The molecule has 0 unspecified atom stereocenters. The van der Waals surface area contributed by atoms with E-state index in [2.05, 4.69) is 20.8 Å². The van der Waals surface area contributed by atoms with Crippen molar-refractivity contribution in [3.63, 3.8) is 0 Å². The van der Waals surface area contributed by atoms with Gasteiger partial charge >= 0.3 is 0 Å². The second kappa shape index (κ2) is 9.78. The number of para-hydroxylation sites is 1. The number of benzene rings is 2. The molecule has 0 radical (unpaired) electrons. The first-order valence-corrected chi connectivity index (χ1v) is 10.3. The molecule has 0 aliphatic carbocycles. The maximum atomic E-state index is 12.2. The van der Waals surface area contributed by atoms with Crippen molar-refractivity contribution >= 4 is 58.2 Å². The van der Waals surface area contributed by atoms with Crippen molar-refractivity contribution in [2.45, 2.75) is 11.6 Å². The number of halogens is 2. The van der Waals surface area contributed by atoms with Gasteiger partial charge in [0.05, 0.1) is 12.2 Å². The molecule has 0 fully saturated rings. The van der Waals surface area contributed by atoms with E-state index in [1.165, 1.54) is 11.8 Å². The van der Waals surface area contributed by atoms with Crippen molar-refractivity contribution in [2.24, 2.45) is 7.05 Å². The smallest absolute Gasteiger partial charge is 0.234 e. The number of aromatic nitrogens is 3. The van der Waals surface area contributed by atoms with E-state index < -0.39 is 0 Å². The Morgan fingerprint density at radius 1 is 0.966 bits per heavy atom. The molecule has 3 rings (SSSR count). The number of nitrogens with one attached hydrogen (secondary N) is 2. The van der Waals surface area contributed by atoms with Gasteiger partial charge in [0, 0.05) is 28.5 Å². The molecule has 0 spiro atoms. The Morgan fingerprint density at radius 3 is 2.31 bits per heavy atom. The first-order valence-electron chi connectivity index (χ1n) is 8.52. The van der Waals surface area contributed by atoms with Crippen LogP contribution in [-0.2, 0) is 23.1 Å². The minimum absolute atomic E-state index is 0.0756. The van der Waals surface area contributed by atoms with Crippen molar-refractivity contribution in [2.75, 3.05) is 16.4 Å². The van der Waals surface area contributed by atoms with E-state index in [9.17, 15) is 9.59 Å². The first kappa shape index (κ1) is 21.2. The lowest BCUT2D eigenvalue weighted by Crippen LogP contribution is -2.17. The van der Waals surface area contributed by atoms with Crippen LogP contribution in [0.5, 0.6) is 0 Å². The van der Waals surface area contributed by atoms with E-state index in [1.807, 2.05) is 30.3 Å². The molecule has 150 valence electrons. The van der Waals surface area contributed by atoms with Crippen LogP contribution in [-0.4, -0.2) is 32.3 Å². The van der Waals surface area contributed by atoms with Gasteiger partial charge in [-0.25, -0.2) is 0 Å². The van der Waals surface area contributed by atoms with Gasteiger partial charge < -0.3 is 15.2 Å². The first-order chi connectivity index (χ1) is 13.9. The zero-order valence-electron chi connectivity index (χ0n) is 15.4. The highest BCUT2D eigenvalue weighted by atomic mass is 35.5. The summed E-state index contributed by atoms with van der Waals surface area (Å²) in [6.45, 7) is 0. The van der Waals surface area contributed by atoms with Crippen LogP contribution in [0.25, 0.3) is 0 Å². The van der Waals surface area contributed by atoms with Crippen LogP contribution in [0.15, 0.2) is 53.7 Å². The fourth-order valence-electron chi connectivity index (χ4n) is 2.45. The third-order valence-corrected chi connectivity index (χ3v) is 5.24. The Morgan fingerprint density at radius 2 is 1.62 bits per heavy atom. The number of amides is 2. The SMILES string of the molecule is Cn1c(CC(=O)Nc2ccccc2)nnc1SCC(=O)Nc1cc(Cl)cc(Cl)c1. The van der Waals surface area contributed by atoms with E-state index in [4.69, 9.17) is 23.2 Å². The Labute approximate surface area is 181 Å². The van der Waals surface area contributed by atoms with Crippen LogP contribution in [0.2, 0.25) is 10.0 Å². The molecular formula is C19H17Cl2N5O2S. The lowest BCUT2D eigenvalue weighted by molar-refractivity contribution is -0.116. The lowest BCUT2D eigenvalue weighted by Gasteiger charge is -2.07. The van der Waals surface area contributed by atoms with Crippen LogP contribution in [0.3, 0.4) is 0 Å². The van der Waals surface area contributed by atoms with Crippen LogP contribution < -0.4 is 10.6 Å². The zero-order valence-corrected chi connectivity index (χ0v) is 17.7. The molecule has 1 heterocycles. The van der Waals surface area contributed by atoms with E-state index >= 15 is 0 Å². The molecule has 29 heavy (non-hydrogen) atoms. The molecular weight excluding hydrogens is 433 g/mol. The second-order valence-electron chi connectivity index (χ2n) is 6.04. The summed E-state index contributed by atoms with van der Waals surface area (Å²) in [5, 5.41) is 15.0. The highest BCUT2D eigenvalue weighted by Crippen LogP contribution is 2.23. The largest absolute Gasteiger partial charge is 0.326 e. The van der Waals surface area contributed by atoms with Crippen LogP contribution in [0, 0.1) is 0 Å². The molecule has 2 aromatic carbocycles. The molecule has 3 aromatic rings. The van der Waals surface area contributed by atoms with Gasteiger partial charge in [0.25, 0.3) is 0 Å². The van der Waals surface area contributed by atoms with Gasteiger partial charge in [-0.3, -0.25) is 9.59 Å². The number of hydrogen-bond donors (Lipinski definition) is 2. The summed E-state index contributed by atoms with van der Waals surface area (Å²) >= 11 is 13.1. The van der Waals surface area contributed by atoms with Gasteiger partial charge in [-0.15, -0.1) is 10.2 Å². The van der Waals surface area contributed by atoms with Gasteiger partial charge in [0.15, 0.2) is 5.16 Å². The second-order valence-corrected chi connectivity index (χ2v) is 7.86. The van der Waals surface area contributed by atoms with Gasteiger partial charge in [-0.2, -0.15) is 0 Å². The van der Waals surface area contributed by atoms with Crippen molar-refractivity contribution < 1.29 is 9.59 Å². The van der Waals surface area contributed by atoms with Gasteiger partial charge in [0.1, 0.15) is 5.82 Å². The Kier molecular flexibility index (Phi) is 7.13. The normalized spacial score (nSPS) is 10.6. The number of anilines is 2. The molecule has 0 atom stereocenters. The number of carbonyl (C=O) groups excluding carboxylic acids is 2. The lowest BCUT2D eigenvalue weighted by atomic mass is 10.3. The summed E-state index contributed by atoms with van der Waals surface area (Å²) in [6.07, 6.45) is 0.0756. The maximum absolute atomic E-state index is 12.2. The monoisotopic (exact) mass is 449 g/mol. The molecule has 2 amide bonds. The van der Waals surface area contributed by atoms with Crippen LogP contribution in [0.4, 0.5) is 11.4 Å². The summed E-state index contributed by atoms with van der Waals surface area (Å²) in [4.78, 5) is 24.4. The molecule has 0 bridgehead atoms. The number of rotatable bonds is 7. The maximum Gasteiger partial charge on any atom is 0.234 e. The highest BCUT2D eigenvalue weighted by Gasteiger charge is 2.15. The number of thioether (sulfide) groups is 1. The third kappa shape index (κ3) is 6.22. The number of carbonyl (C=O) groups is 2. The quantitative estimate of drug-likeness (QED) is 0.531. The van der Waals surface area contributed by atoms with Crippen molar-refractivity contribution in [3.05, 3.63) is 64.4 Å². The fraction of sp³-hybridized carbons (Fsp3) is 0.158. The highest BCUT2D eigenvalue weighted by molar-refractivity contribution is 7.99. The Balaban J connectivity index is 1.53. The Bertz CT molecular complexity index is 1010. The van der Waals surface area contributed by atoms with Crippen LogP contribution >= 0.6 is 35.0 Å².